The average molecular weight is 207 g/mol. The van der Waals surface area contributed by atoms with Gasteiger partial charge in [-0.05, 0) is 24.9 Å². The van der Waals surface area contributed by atoms with Crippen LogP contribution in [0.1, 0.15) is 42.7 Å². The first-order valence-corrected chi connectivity index (χ1v) is 5.47. The van der Waals surface area contributed by atoms with Gasteiger partial charge in [-0.15, -0.1) is 0 Å². The van der Waals surface area contributed by atoms with Gasteiger partial charge in [-0.25, -0.2) is 0 Å². The Morgan fingerprint density at radius 1 is 1.13 bits per heavy atom. The Labute approximate surface area is 89.8 Å². The third kappa shape index (κ3) is 2.56. The molecule has 1 aromatic rings. The summed E-state index contributed by atoms with van der Waals surface area (Å²) in [5.41, 5.74) is 1.79. The summed E-state index contributed by atoms with van der Waals surface area (Å²) in [5.74, 6) is 0. The predicted molar refractivity (Wildman–Crippen MR) is 58.2 cm³/mol. The quantitative estimate of drug-likeness (QED) is 0.644. The molecule has 0 spiro atoms. The number of piperidine rings is 1. The second-order valence-electron chi connectivity index (χ2n) is 4.04. The normalized spacial score (nSPS) is 21.9. The van der Waals surface area contributed by atoms with Crippen LogP contribution in [0.4, 0.5) is 0 Å². The summed E-state index contributed by atoms with van der Waals surface area (Å²) in [7, 11) is 0. The van der Waals surface area contributed by atoms with Crippen molar-refractivity contribution in [3.63, 3.8) is 0 Å². The zero-order valence-corrected chi connectivity index (χ0v) is 8.69. The first-order chi connectivity index (χ1) is 7.27. The van der Waals surface area contributed by atoms with Crippen molar-refractivity contribution in [3.05, 3.63) is 35.4 Å². The molecule has 2 rings (SSSR count). The maximum absolute atomic E-state index is 8.96. The zero-order valence-electron chi connectivity index (χ0n) is 8.69. The summed E-state index contributed by atoms with van der Waals surface area (Å²) in [6, 6.07) is 7.92. The van der Waals surface area contributed by atoms with Crippen molar-refractivity contribution in [3.8, 4) is 0 Å². The molecule has 0 aliphatic carbocycles. The molecule has 0 bridgehead atoms. The van der Waals surface area contributed by atoms with Gasteiger partial charge in [-0.3, -0.25) is 0 Å². The van der Waals surface area contributed by atoms with E-state index < -0.39 is 6.29 Å². The molecule has 0 radical (unpaired) electrons. The molecule has 0 aromatic heterocycles. The third-order valence-electron chi connectivity index (χ3n) is 2.95. The lowest BCUT2D eigenvalue weighted by molar-refractivity contribution is -0.0424. The van der Waals surface area contributed by atoms with Crippen molar-refractivity contribution >= 4 is 0 Å². The molecule has 0 unspecified atom stereocenters. The van der Waals surface area contributed by atoms with Crippen LogP contribution in [0.2, 0.25) is 0 Å². The van der Waals surface area contributed by atoms with E-state index in [-0.39, 0.29) is 0 Å². The van der Waals surface area contributed by atoms with Crippen molar-refractivity contribution in [2.24, 2.45) is 0 Å². The number of benzene rings is 1. The fourth-order valence-electron chi connectivity index (χ4n) is 2.04. The Morgan fingerprint density at radius 2 is 1.87 bits per heavy atom. The van der Waals surface area contributed by atoms with E-state index >= 15 is 0 Å². The average Bonchev–Trinajstić information content (AvgIpc) is 2.30. The van der Waals surface area contributed by atoms with E-state index in [1.54, 1.807) is 12.1 Å². The summed E-state index contributed by atoms with van der Waals surface area (Å²) in [4.78, 5) is 0. The maximum Gasteiger partial charge on any atom is 0.178 e. The van der Waals surface area contributed by atoms with Crippen LogP contribution >= 0.6 is 0 Å². The molecule has 1 heterocycles. The van der Waals surface area contributed by atoms with E-state index in [0.29, 0.717) is 11.6 Å². The van der Waals surface area contributed by atoms with Crippen LogP contribution in [0.25, 0.3) is 0 Å². The molecule has 0 saturated carbocycles. The molecule has 3 heteroatoms. The second kappa shape index (κ2) is 4.75. The van der Waals surface area contributed by atoms with Crippen LogP contribution < -0.4 is 5.32 Å². The molecule has 1 fully saturated rings. The molecule has 0 amide bonds. The van der Waals surface area contributed by atoms with Crippen molar-refractivity contribution in [1.29, 1.82) is 0 Å². The molecular weight excluding hydrogens is 190 g/mol. The molecule has 1 saturated heterocycles. The highest BCUT2D eigenvalue weighted by Gasteiger charge is 2.14. The van der Waals surface area contributed by atoms with Crippen LogP contribution in [0.5, 0.6) is 0 Å². The molecule has 3 nitrogen and oxygen atoms in total. The van der Waals surface area contributed by atoms with Gasteiger partial charge in [-0.2, -0.15) is 0 Å². The first-order valence-electron chi connectivity index (χ1n) is 5.47. The molecular formula is C12H17NO2. The summed E-state index contributed by atoms with van der Waals surface area (Å²) in [6.07, 6.45) is 2.32. The Kier molecular flexibility index (Phi) is 3.36. The van der Waals surface area contributed by atoms with Crippen LogP contribution in [-0.2, 0) is 0 Å². The molecule has 1 aliphatic heterocycles. The lowest BCUT2D eigenvalue weighted by atomic mass is 9.97. The Bertz CT molecular complexity index is 302. The number of nitrogens with one attached hydrogen (secondary N) is 1. The standard InChI is InChI=1S/C12H17NO2/c14-12(15)10-6-4-9(5-7-10)11-3-1-2-8-13-11/h4-7,11-15H,1-3,8H2/t11-/m0/s1. The van der Waals surface area contributed by atoms with Crippen molar-refractivity contribution in [2.45, 2.75) is 31.6 Å². The van der Waals surface area contributed by atoms with E-state index in [2.05, 4.69) is 5.32 Å². The molecule has 3 N–H and O–H groups in total. The minimum atomic E-state index is -1.36. The molecule has 15 heavy (non-hydrogen) atoms. The SMILES string of the molecule is OC(O)c1ccc([C@@H]2CCCCN2)cc1. The van der Waals surface area contributed by atoms with Gasteiger partial charge in [-0.1, -0.05) is 30.7 Å². The van der Waals surface area contributed by atoms with Crippen LogP contribution in [0, 0.1) is 0 Å². The topological polar surface area (TPSA) is 52.5 Å². The van der Waals surface area contributed by atoms with Gasteiger partial charge in [0.05, 0.1) is 0 Å². The lowest BCUT2D eigenvalue weighted by Crippen LogP contribution is -2.26. The Morgan fingerprint density at radius 3 is 2.40 bits per heavy atom. The minimum absolute atomic E-state index is 0.434. The van der Waals surface area contributed by atoms with E-state index in [4.69, 9.17) is 10.2 Å². The van der Waals surface area contributed by atoms with E-state index in [1.807, 2.05) is 12.1 Å². The van der Waals surface area contributed by atoms with E-state index in [9.17, 15) is 0 Å². The van der Waals surface area contributed by atoms with Gasteiger partial charge < -0.3 is 15.5 Å². The fourth-order valence-corrected chi connectivity index (χ4v) is 2.04. The summed E-state index contributed by atoms with van der Waals surface area (Å²) < 4.78 is 0. The first kappa shape index (κ1) is 10.6. The van der Waals surface area contributed by atoms with E-state index in [0.717, 1.165) is 6.54 Å². The zero-order chi connectivity index (χ0) is 10.7. The van der Waals surface area contributed by atoms with Crippen molar-refractivity contribution < 1.29 is 10.2 Å². The molecule has 1 aliphatic rings. The molecule has 1 atom stereocenters. The minimum Gasteiger partial charge on any atom is -0.364 e. The number of hydrogen-bond donors (Lipinski definition) is 3. The fraction of sp³-hybridized carbons (Fsp3) is 0.500. The highest BCUT2D eigenvalue weighted by molar-refractivity contribution is 5.25. The predicted octanol–water partition coefficient (Wildman–Crippen LogP) is 1.48. The number of rotatable bonds is 2. The van der Waals surface area contributed by atoms with Gasteiger partial charge in [0, 0.05) is 11.6 Å². The van der Waals surface area contributed by atoms with Crippen molar-refractivity contribution in [1.82, 2.24) is 5.32 Å². The van der Waals surface area contributed by atoms with Crippen LogP contribution in [-0.4, -0.2) is 16.8 Å². The largest absolute Gasteiger partial charge is 0.364 e. The Balaban J connectivity index is 2.08. The summed E-state index contributed by atoms with van der Waals surface area (Å²) in [6.45, 7) is 1.08. The van der Waals surface area contributed by atoms with Gasteiger partial charge >= 0.3 is 0 Å². The summed E-state index contributed by atoms with van der Waals surface area (Å²) >= 11 is 0. The highest BCUT2D eigenvalue weighted by Crippen LogP contribution is 2.23. The van der Waals surface area contributed by atoms with Gasteiger partial charge in [0.25, 0.3) is 0 Å². The number of aliphatic hydroxyl groups excluding tert-OH is 1. The second-order valence-corrected chi connectivity index (χ2v) is 4.04. The third-order valence-corrected chi connectivity index (χ3v) is 2.95. The number of hydrogen-bond acceptors (Lipinski definition) is 3. The molecule has 1 aromatic carbocycles. The van der Waals surface area contributed by atoms with Gasteiger partial charge in [0.2, 0.25) is 0 Å². The van der Waals surface area contributed by atoms with E-state index in [1.165, 1.54) is 24.8 Å². The van der Waals surface area contributed by atoms with Crippen LogP contribution in [0.15, 0.2) is 24.3 Å². The number of aliphatic hydroxyl groups is 2. The van der Waals surface area contributed by atoms with Crippen molar-refractivity contribution in [2.75, 3.05) is 6.54 Å². The Hall–Kier alpha value is -0.900. The monoisotopic (exact) mass is 207 g/mol. The van der Waals surface area contributed by atoms with Crippen LogP contribution in [0.3, 0.4) is 0 Å². The summed E-state index contributed by atoms with van der Waals surface area (Å²) in [5, 5.41) is 21.4. The molecule has 82 valence electrons. The van der Waals surface area contributed by atoms with Gasteiger partial charge in [0.1, 0.15) is 0 Å². The smallest absolute Gasteiger partial charge is 0.178 e. The highest BCUT2D eigenvalue weighted by atomic mass is 16.5. The maximum atomic E-state index is 8.96. The van der Waals surface area contributed by atoms with Gasteiger partial charge in [0.15, 0.2) is 6.29 Å². The lowest BCUT2D eigenvalue weighted by Gasteiger charge is -2.24.